The number of nitrogens with two attached hydrogens (primary N) is 1. The van der Waals surface area contributed by atoms with Crippen LogP contribution in [0.2, 0.25) is 0 Å². The summed E-state index contributed by atoms with van der Waals surface area (Å²) in [6, 6.07) is 9.11. The van der Waals surface area contributed by atoms with E-state index in [1.165, 1.54) is 19.2 Å². The largest absolute Gasteiger partial charge is 0.359 e. The summed E-state index contributed by atoms with van der Waals surface area (Å²) in [4.78, 5) is 0. The van der Waals surface area contributed by atoms with Crippen molar-refractivity contribution < 1.29 is 8.78 Å². The molecule has 0 saturated carbocycles. The fourth-order valence-electron chi connectivity index (χ4n) is 2.31. The maximum absolute atomic E-state index is 13.7. The summed E-state index contributed by atoms with van der Waals surface area (Å²) in [6.07, 6.45) is 4.09. The highest BCUT2D eigenvalue weighted by Gasteiger charge is 2.27. The molecule has 0 spiro atoms. The number of hydrogen-bond donors (Lipinski definition) is 3. The third-order valence-electron chi connectivity index (χ3n) is 4.07. The molecule has 0 unspecified atom stereocenters. The van der Waals surface area contributed by atoms with Crippen LogP contribution >= 0.6 is 0 Å². The molecule has 0 aromatic heterocycles. The molecule has 1 rings (SSSR count). The van der Waals surface area contributed by atoms with E-state index in [0.717, 1.165) is 11.6 Å². The number of hydrogen-bond acceptors (Lipinski definition) is 3. The summed E-state index contributed by atoms with van der Waals surface area (Å²) in [5.41, 5.74) is 7.75. The summed E-state index contributed by atoms with van der Waals surface area (Å²) >= 11 is 0. The van der Waals surface area contributed by atoms with Crippen molar-refractivity contribution in [3.8, 4) is 0 Å². The van der Waals surface area contributed by atoms with Crippen LogP contribution in [0.25, 0.3) is 0 Å². The second-order valence-electron chi connectivity index (χ2n) is 7.37. The van der Waals surface area contributed by atoms with Crippen molar-refractivity contribution in [2.45, 2.75) is 40.2 Å². The Labute approximate surface area is 160 Å². The summed E-state index contributed by atoms with van der Waals surface area (Å²) < 4.78 is 27.2. The van der Waals surface area contributed by atoms with Gasteiger partial charge in [-0.3, -0.25) is 0 Å². The minimum Gasteiger partial charge on any atom is -0.359 e. The van der Waals surface area contributed by atoms with Gasteiger partial charge in [0.25, 0.3) is 0 Å². The van der Waals surface area contributed by atoms with Gasteiger partial charge in [-0.25, -0.2) is 8.78 Å². The smallest absolute Gasteiger partial charge is 0.139 e. The summed E-state index contributed by atoms with van der Waals surface area (Å²) in [5, 5.41) is 11.2. The fraction of sp³-hybridized carbons (Fsp3) is 0.318. The Kier molecular flexibility index (Phi) is 8.32. The zero-order chi connectivity index (χ0) is 20.6. The Bertz CT molecular complexity index is 754. The quantitative estimate of drug-likeness (QED) is 0.426. The molecule has 0 aliphatic carbocycles. The first-order chi connectivity index (χ1) is 12.6. The molecule has 0 amide bonds. The van der Waals surface area contributed by atoms with Gasteiger partial charge in [-0.2, -0.15) is 0 Å². The molecule has 146 valence electrons. The Morgan fingerprint density at radius 3 is 2.33 bits per heavy atom. The summed E-state index contributed by atoms with van der Waals surface area (Å²) in [6.45, 7) is 10.6. The Balaban J connectivity index is 3.20. The summed E-state index contributed by atoms with van der Waals surface area (Å²) in [7, 11) is 0. The molecule has 0 fully saturated rings. The number of allylic oxidation sites excluding steroid dienone is 4. The first-order valence-corrected chi connectivity index (χ1v) is 8.78. The Hall–Kier alpha value is -2.53. The lowest BCUT2D eigenvalue weighted by Crippen LogP contribution is -2.40. The van der Waals surface area contributed by atoms with E-state index in [2.05, 4.69) is 11.9 Å². The third kappa shape index (κ3) is 7.31. The lowest BCUT2D eigenvalue weighted by Gasteiger charge is -2.30. The molecule has 0 heterocycles. The molecule has 0 saturated heterocycles. The van der Waals surface area contributed by atoms with Gasteiger partial charge in [0.1, 0.15) is 11.7 Å². The van der Waals surface area contributed by atoms with Crippen LogP contribution in [-0.2, 0) is 6.42 Å². The topological polar surface area (TPSA) is 61.9 Å². The van der Waals surface area contributed by atoms with Crippen LogP contribution in [-0.4, -0.2) is 11.8 Å². The average molecular weight is 373 g/mol. The van der Waals surface area contributed by atoms with Crippen LogP contribution in [0.15, 0.2) is 78.2 Å². The van der Waals surface area contributed by atoms with Gasteiger partial charge in [0.15, 0.2) is 0 Å². The number of halogens is 2. The highest BCUT2D eigenvalue weighted by Crippen LogP contribution is 2.25. The molecular weight excluding hydrogens is 344 g/mol. The molecule has 0 aliphatic rings. The van der Waals surface area contributed by atoms with Crippen molar-refractivity contribution in [2.75, 3.05) is 0 Å². The van der Waals surface area contributed by atoms with E-state index in [1.807, 2.05) is 51.1 Å². The van der Waals surface area contributed by atoms with Gasteiger partial charge in [0, 0.05) is 29.9 Å². The van der Waals surface area contributed by atoms with Crippen molar-refractivity contribution in [3.05, 3.63) is 83.8 Å². The minimum absolute atomic E-state index is 0.114. The van der Waals surface area contributed by atoms with Crippen LogP contribution in [0.4, 0.5) is 8.78 Å². The van der Waals surface area contributed by atoms with E-state index in [-0.39, 0.29) is 11.1 Å². The van der Waals surface area contributed by atoms with Gasteiger partial charge < -0.3 is 16.5 Å². The first kappa shape index (κ1) is 22.5. The minimum atomic E-state index is -0.804. The SMILES string of the molecule is C=C(F)/C(=C\C(F)=C/C)N/C=C(\C(=N)Cc1ccccc1)[C@H](N)C(C)(C)C. The Morgan fingerprint density at radius 2 is 1.85 bits per heavy atom. The van der Waals surface area contributed by atoms with Gasteiger partial charge in [0.2, 0.25) is 0 Å². The second-order valence-corrected chi connectivity index (χ2v) is 7.37. The molecule has 0 bridgehead atoms. The highest BCUT2D eigenvalue weighted by molar-refractivity contribution is 6.00. The molecule has 1 atom stereocenters. The van der Waals surface area contributed by atoms with Crippen LogP contribution < -0.4 is 11.1 Å². The van der Waals surface area contributed by atoms with E-state index in [0.29, 0.717) is 17.7 Å². The Morgan fingerprint density at radius 1 is 1.26 bits per heavy atom. The fourth-order valence-corrected chi connectivity index (χ4v) is 2.31. The van der Waals surface area contributed by atoms with Gasteiger partial charge >= 0.3 is 0 Å². The average Bonchev–Trinajstić information content (AvgIpc) is 2.60. The van der Waals surface area contributed by atoms with Gasteiger partial charge in [-0.15, -0.1) is 0 Å². The molecule has 27 heavy (non-hydrogen) atoms. The van der Waals surface area contributed by atoms with Crippen molar-refractivity contribution in [1.82, 2.24) is 5.32 Å². The molecule has 0 aliphatic heterocycles. The van der Waals surface area contributed by atoms with E-state index in [1.54, 1.807) is 0 Å². The third-order valence-corrected chi connectivity index (χ3v) is 4.07. The second kappa shape index (κ2) is 9.97. The highest BCUT2D eigenvalue weighted by atomic mass is 19.1. The van der Waals surface area contributed by atoms with Crippen LogP contribution in [0.1, 0.15) is 33.3 Å². The predicted octanol–water partition coefficient (Wildman–Crippen LogP) is 5.34. The maximum atomic E-state index is 13.7. The van der Waals surface area contributed by atoms with E-state index < -0.39 is 17.7 Å². The van der Waals surface area contributed by atoms with Crippen molar-refractivity contribution in [2.24, 2.45) is 11.1 Å². The van der Waals surface area contributed by atoms with Crippen LogP contribution in [0, 0.1) is 10.8 Å². The number of rotatable bonds is 8. The van der Waals surface area contributed by atoms with Gasteiger partial charge in [-0.05, 0) is 24.0 Å². The van der Waals surface area contributed by atoms with Crippen LogP contribution in [0.3, 0.4) is 0 Å². The standard InChI is InChI=1S/C22H29F2N3/c1-6-17(24)13-20(15(2)23)27-14-18(21(26)22(3,4)5)19(25)12-16-10-8-7-9-11-16/h6-11,13-14,21,25,27H,2,12,26H2,1,3-5H3/b17-6+,18-14+,20-13+,25-19?/t21-/m0/s1. The van der Waals surface area contributed by atoms with Crippen molar-refractivity contribution in [3.63, 3.8) is 0 Å². The van der Waals surface area contributed by atoms with Gasteiger partial charge in [0.05, 0.1) is 5.70 Å². The molecule has 1 aromatic carbocycles. The lowest BCUT2D eigenvalue weighted by molar-refractivity contribution is 0.359. The molecule has 5 heteroatoms. The molecule has 4 N–H and O–H groups in total. The number of benzene rings is 1. The zero-order valence-electron chi connectivity index (χ0n) is 16.4. The molecule has 1 aromatic rings. The van der Waals surface area contributed by atoms with E-state index in [9.17, 15) is 8.78 Å². The maximum Gasteiger partial charge on any atom is 0.139 e. The monoisotopic (exact) mass is 373 g/mol. The molecule has 3 nitrogen and oxygen atoms in total. The molecular formula is C22H29F2N3. The molecule has 0 radical (unpaired) electrons. The van der Waals surface area contributed by atoms with Crippen molar-refractivity contribution in [1.29, 1.82) is 5.41 Å². The number of nitrogens with one attached hydrogen (secondary N) is 2. The van der Waals surface area contributed by atoms with Crippen LogP contribution in [0.5, 0.6) is 0 Å². The van der Waals surface area contributed by atoms with Gasteiger partial charge in [-0.1, -0.05) is 63.8 Å². The summed E-state index contributed by atoms with van der Waals surface area (Å²) in [5.74, 6) is -1.40. The van der Waals surface area contributed by atoms with E-state index >= 15 is 0 Å². The van der Waals surface area contributed by atoms with E-state index in [4.69, 9.17) is 11.1 Å². The normalized spacial score (nSPS) is 14.7. The predicted molar refractivity (Wildman–Crippen MR) is 110 cm³/mol. The lowest BCUT2D eigenvalue weighted by atomic mass is 9.80. The zero-order valence-corrected chi connectivity index (χ0v) is 16.4. The first-order valence-electron chi connectivity index (χ1n) is 8.78. The van der Waals surface area contributed by atoms with Crippen molar-refractivity contribution >= 4 is 5.71 Å².